The van der Waals surface area contributed by atoms with E-state index in [9.17, 15) is 13.2 Å². The number of rotatable bonds is 1. The monoisotopic (exact) mass is 289 g/mol. The number of pyridine rings is 1. The Labute approximate surface area is 115 Å². The minimum atomic E-state index is -4.33. The highest BCUT2D eigenvalue weighted by atomic mass is 32.1. The Balaban J connectivity index is 2.02. The lowest BCUT2D eigenvalue weighted by Gasteiger charge is -2.36. The first kappa shape index (κ1) is 14.0. The first-order chi connectivity index (χ1) is 8.88. The van der Waals surface area contributed by atoms with E-state index in [2.05, 4.69) is 9.88 Å². The molecule has 0 N–H and O–H groups in total. The van der Waals surface area contributed by atoms with E-state index >= 15 is 0 Å². The van der Waals surface area contributed by atoms with Crippen LogP contribution in [0.4, 0.5) is 19.0 Å². The normalized spacial score (nSPS) is 16.6. The maximum atomic E-state index is 12.4. The molecule has 1 aliphatic rings. The average Bonchev–Trinajstić information content (AvgIpc) is 2.38. The number of hydrogen-bond donors (Lipinski definition) is 0. The topological polar surface area (TPSA) is 19.4 Å². The molecule has 0 spiro atoms. The number of hydrogen-bond acceptors (Lipinski definition) is 3. The van der Waals surface area contributed by atoms with Crippen LogP contribution in [0.25, 0.3) is 0 Å². The van der Waals surface area contributed by atoms with Crippen LogP contribution in [-0.4, -0.2) is 41.1 Å². The zero-order valence-electron chi connectivity index (χ0n) is 10.4. The molecule has 0 saturated carbocycles. The van der Waals surface area contributed by atoms with Crippen molar-refractivity contribution in [1.82, 2.24) is 9.88 Å². The van der Waals surface area contributed by atoms with Crippen LogP contribution in [0, 0.1) is 0 Å². The van der Waals surface area contributed by atoms with Gasteiger partial charge in [-0.25, -0.2) is 4.98 Å². The summed E-state index contributed by atoms with van der Waals surface area (Å²) in [5.41, 5.74) is -0.718. The van der Waals surface area contributed by atoms with Crippen molar-refractivity contribution in [2.75, 3.05) is 31.1 Å². The van der Waals surface area contributed by atoms with E-state index in [0.717, 1.165) is 30.3 Å². The SMILES string of the molecule is CC(=S)N1CCN(c2ccc(C(F)(F)F)cn2)CC1. The van der Waals surface area contributed by atoms with Gasteiger partial charge in [-0.2, -0.15) is 13.2 Å². The van der Waals surface area contributed by atoms with E-state index in [0.29, 0.717) is 18.9 Å². The molecule has 1 fully saturated rings. The lowest BCUT2D eigenvalue weighted by atomic mass is 10.2. The Morgan fingerprint density at radius 1 is 1.21 bits per heavy atom. The second-order valence-corrected chi connectivity index (χ2v) is 4.99. The highest BCUT2D eigenvalue weighted by Gasteiger charge is 2.31. The van der Waals surface area contributed by atoms with Crippen LogP contribution in [0.15, 0.2) is 18.3 Å². The van der Waals surface area contributed by atoms with Gasteiger partial charge in [-0.15, -0.1) is 0 Å². The van der Waals surface area contributed by atoms with Crippen molar-refractivity contribution in [3.05, 3.63) is 23.9 Å². The van der Waals surface area contributed by atoms with Crippen molar-refractivity contribution in [2.24, 2.45) is 0 Å². The maximum absolute atomic E-state index is 12.4. The molecular weight excluding hydrogens is 275 g/mol. The molecule has 1 aliphatic heterocycles. The third-order valence-corrected chi connectivity index (χ3v) is 3.38. The Morgan fingerprint density at radius 3 is 2.26 bits per heavy atom. The third kappa shape index (κ3) is 3.34. The summed E-state index contributed by atoms with van der Waals surface area (Å²) in [6.07, 6.45) is -3.45. The van der Waals surface area contributed by atoms with Crippen molar-refractivity contribution < 1.29 is 13.2 Å². The average molecular weight is 289 g/mol. The summed E-state index contributed by atoms with van der Waals surface area (Å²) in [5, 5.41) is 0. The first-order valence-corrected chi connectivity index (χ1v) is 6.32. The van der Waals surface area contributed by atoms with Crippen molar-refractivity contribution in [3.63, 3.8) is 0 Å². The molecule has 3 nitrogen and oxygen atoms in total. The van der Waals surface area contributed by atoms with Crippen LogP contribution < -0.4 is 4.90 Å². The summed E-state index contributed by atoms with van der Waals surface area (Å²) in [6, 6.07) is 2.49. The Morgan fingerprint density at radius 2 is 1.84 bits per heavy atom. The van der Waals surface area contributed by atoms with Crippen molar-refractivity contribution in [3.8, 4) is 0 Å². The zero-order valence-corrected chi connectivity index (χ0v) is 11.3. The molecule has 0 amide bonds. The number of thiocarbonyl (C=S) groups is 1. The third-order valence-electron chi connectivity index (χ3n) is 3.12. The minimum Gasteiger partial charge on any atom is -0.363 e. The molecular formula is C12H14F3N3S. The van der Waals surface area contributed by atoms with Crippen molar-refractivity contribution in [1.29, 1.82) is 0 Å². The second kappa shape index (κ2) is 5.32. The van der Waals surface area contributed by atoms with Crippen LogP contribution in [0.3, 0.4) is 0 Å². The maximum Gasteiger partial charge on any atom is 0.417 e. The van der Waals surface area contributed by atoms with Crippen molar-refractivity contribution >= 4 is 23.0 Å². The van der Waals surface area contributed by atoms with Gasteiger partial charge in [-0.05, 0) is 19.1 Å². The molecule has 1 aromatic rings. The summed E-state index contributed by atoms with van der Waals surface area (Å²) >= 11 is 5.10. The Hall–Kier alpha value is -1.37. The molecule has 1 aromatic heterocycles. The van der Waals surface area contributed by atoms with Crippen LogP contribution >= 0.6 is 12.2 Å². The molecule has 1 saturated heterocycles. The molecule has 2 heterocycles. The highest BCUT2D eigenvalue weighted by molar-refractivity contribution is 7.80. The molecule has 0 aromatic carbocycles. The van der Waals surface area contributed by atoms with E-state index in [4.69, 9.17) is 12.2 Å². The van der Waals surface area contributed by atoms with Crippen LogP contribution in [0.1, 0.15) is 12.5 Å². The summed E-state index contributed by atoms with van der Waals surface area (Å²) in [5.74, 6) is 0.578. The number of anilines is 1. The molecule has 0 radical (unpaired) electrons. The van der Waals surface area contributed by atoms with Gasteiger partial charge in [0, 0.05) is 32.4 Å². The number of halogens is 3. The molecule has 19 heavy (non-hydrogen) atoms. The molecule has 0 unspecified atom stereocenters. The molecule has 0 aliphatic carbocycles. The highest BCUT2D eigenvalue weighted by Crippen LogP contribution is 2.29. The van der Waals surface area contributed by atoms with Gasteiger partial charge in [0.2, 0.25) is 0 Å². The second-order valence-electron chi connectivity index (χ2n) is 4.40. The first-order valence-electron chi connectivity index (χ1n) is 5.91. The van der Waals surface area contributed by atoms with Gasteiger partial charge in [0.25, 0.3) is 0 Å². The number of alkyl halides is 3. The predicted octanol–water partition coefficient (Wildman–Crippen LogP) is 2.57. The van der Waals surface area contributed by atoms with Crippen LogP contribution in [-0.2, 0) is 6.18 Å². The summed E-state index contributed by atoms with van der Waals surface area (Å²) in [4.78, 5) is 8.79. The Bertz CT molecular complexity index is 450. The van der Waals surface area contributed by atoms with Gasteiger partial charge in [0.15, 0.2) is 0 Å². The van der Waals surface area contributed by atoms with Gasteiger partial charge >= 0.3 is 6.18 Å². The van der Waals surface area contributed by atoms with Gasteiger partial charge in [0.05, 0.1) is 10.6 Å². The van der Waals surface area contributed by atoms with E-state index in [1.54, 1.807) is 0 Å². The lowest BCUT2D eigenvalue weighted by molar-refractivity contribution is -0.137. The van der Waals surface area contributed by atoms with Crippen molar-refractivity contribution in [2.45, 2.75) is 13.1 Å². The van der Waals surface area contributed by atoms with Crippen LogP contribution in [0.2, 0.25) is 0 Å². The summed E-state index contributed by atoms with van der Waals surface area (Å²) in [6.45, 7) is 4.86. The predicted molar refractivity (Wildman–Crippen MR) is 71.3 cm³/mol. The lowest BCUT2D eigenvalue weighted by Crippen LogP contribution is -2.47. The molecule has 0 atom stereocenters. The fourth-order valence-electron chi connectivity index (χ4n) is 1.99. The minimum absolute atomic E-state index is 0.578. The van der Waals surface area contributed by atoms with E-state index in [1.807, 2.05) is 11.8 Å². The molecule has 0 bridgehead atoms. The van der Waals surface area contributed by atoms with E-state index in [-0.39, 0.29) is 0 Å². The zero-order chi connectivity index (χ0) is 14.0. The quantitative estimate of drug-likeness (QED) is 0.740. The summed E-state index contributed by atoms with van der Waals surface area (Å²) < 4.78 is 37.3. The molecule has 104 valence electrons. The van der Waals surface area contributed by atoms with Gasteiger partial charge in [-0.3, -0.25) is 0 Å². The molecule has 7 heteroatoms. The van der Waals surface area contributed by atoms with Gasteiger partial charge in [0.1, 0.15) is 5.82 Å². The number of nitrogens with zero attached hydrogens (tertiary/aromatic N) is 3. The van der Waals surface area contributed by atoms with Gasteiger partial charge in [-0.1, -0.05) is 12.2 Å². The van der Waals surface area contributed by atoms with Gasteiger partial charge < -0.3 is 9.80 Å². The Kier molecular flexibility index (Phi) is 3.93. The van der Waals surface area contributed by atoms with E-state index < -0.39 is 11.7 Å². The number of aromatic nitrogens is 1. The smallest absolute Gasteiger partial charge is 0.363 e. The largest absolute Gasteiger partial charge is 0.417 e. The molecule has 2 rings (SSSR count). The standard InChI is InChI=1S/C12H14F3N3S/c1-9(19)17-4-6-18(7-5-17)11-3-2-10(8-16-11)12(13,14)15/h2-3,8H,4-7H2,1H3. The van der Waals surface area contributed by atoms with Crippen LogP contribution in [0.5, 0.6) is 0 Å². The fraction of sp³-hybridized carbons (Fsp3) is 0.500. The fourth-order valence-corrected chi connectivity index (χ4v) is 2.17. The van der Waals surface area contributed by atoms with E-state index in [1.165, 1.54) is 6.07 Å². The summed E-state index contributed by atoms with van der Waals surface area (Å²) in [7, 11) is 0. The number of piperazine rings is 1.